The van der Waals surface area contributed by atoms with E-state index in [4.69, 9.17) is 15.7 Å². The fourth-order valence-electron chi connectivity index (χ4n) is 1.86. The molecular formula is C14H18N6O4S2. The van der Waals surface area contributed by atoms with Crippen molar-refractivity contribution in [2.75, 3.05) is 20.2 Å². The zero-order chi connectivity index (χ0) is 19.3. The normalized spacial score (nSPS) is 12.0. The van der Waals surface area contributed by atoms with E-state index in [2.05, 4.69) is 22.0 Å². The maximum absolute atomic E-state index is 11.4. The van der Waals surface area contributed by atoms with E-state index in [1.165, 1.54) is 13.2 Å². The van der Waals surface area contributed by atoms with E-state index >= 15 is 0 Å². The largest absolute Gasteiger partial charge is 0.487 e. The second-order valence-corrected chi connectivity index (χ2v) is 7.83. The number of thiazole rings is 1. The van der Waals surface area contributed by atoms with Crippen LogP contribution in [0.2, 0.25) is 0 Å². The van der Waals surface area contributed by atoms with Gasteiger partial charge >= 0.3 is 0 Å². The van der Waals surface area contributed by atoms with Gasteiger partial charge in [0, 0.05) is 13.2 Å². The monoisotopic (exact) mass is 398 g/mol. The Bertz CT molecular complexity index is 953. The number of primary sulfonamides is 1. The molecule has 2 aromatic rings. The van der Waals surface area contributed by atoms with E-state index in [0.29, 0.717) is 21.7 Å². The highest BCUT2D eigenvalue weighted by Gasteiger charge is 2.15. The third kappa shape index (κ3) is 5.23. The molecule has 0 fully saturated rings. The molecule has 0 atom stereocenters. The van der Waals surface area contributed by atoms with Gasteiger partial charge in [-0.1, -0.05) is 0 Å². The summed E-state index contributed by atoms with van der Waals surface area (Å²) < 4.78 is 28.8. The summed E-state index contributed by atoms with van der Waals surface area (Å²) in [6.45, 7) is 3.45. The number of fused-ring (bicyclic) bond motifs is 1. The number of benzene rings is 1. The molecular weight excluding hydrogens is 380 g/mol. The number of carbonyl (C=O) groups is 1. The van der Waals surface area contributed by atoms with Gasteiger partial charge in [0.1, 0.15) is 18.9 Å². The number of rotatable bonds is 8. The molecule has 0 aliphatic rings. The van der Waals surface area contributed by atoms with Gasteiger partial charge in [-0.2, -0.15) is 0 Å². The average Bonchev–Trinajstić information content (AvgIpc) is 3.02. The highest BCUT2D eigenvalue weighted by atomic mass is 32.2. The lowest BCUT2D eigenvalue weighted by Gasteiger charge is -2.14. The van der Waals surface area contributed by atoms with Crippen molar-refractivity contribution in [1.82, 2.24) is 15.3 Å². The second kappa shape index (κ2) is 8.23. The van der Waals surface area contributed by atoms with Gasteiger partial charge in [0.05, 0.1) is 15.9 Å². The van der Waals surface area contributed by atoms with Gasteiger partial charge in [-0.15, -0.1) is 11.3 Å². The van der Waals surface area contributed by atoms with Gasteiger partial charge in [-0.05, 0) is 24.9 Å². The molecule has 1 amide bonds. The summed E-state index contributed by atoms with van der Waals surface area (Å²) in [7, 11) is -2.34. The SMILES string of the molecule is C=N/C(=C\N(N)CC(=O)NC)COc1ccc2nc(S(N)(=O)=O)sc2c1. The van der Waals surface area contributed by atoms with Crippen LogP contribution in [0.4, 0.5) is 0 Å². The van der Waals surface area contributed by atoms with Gasteiger partial charge in [0.2, 0.25) is 10.2 Å². The Labute approximate surface area is 154 Å². The van der Waals surface area contributed by atoms with Crippen LogP contribution in [-0.4, -0.2) is 51.2 Å². The van der Waals surface area contributed by atoms with Gasteiger partial charge in [-0.25, -0.2) is 24.4 Å². The number of hydrazine groups is 1. The molecule has 0 saturated heterocycles. The molecule has 10 nitrogen and oxygen atoms in total. The molecule has 0 spiro atoms. The number of hydrogen-bond acceptors (Lipinski definition) is 9. The van der Waals surface area contributed by atoms with Gasteiger partial charge in [0.25, 0.3) is 10.0 Å². The van der Waals surface area contributed by atoms with Crippen molar-refractivity contribution in [1.29, 1.82) is 0 Å². The summed E-state index contributed by atoms with van der Waals surface area (Å²) >= 11 is 0.951. The number of aromatic nitrogens is 1. The van der Waals surface area contributed by atoms with Crippen LogP contribution >= 0.6 is 11.3 Å². The number of sulfonamides is 1. The zero-order valence-electron chi connectivity index (χ0n) is 13.9. The van der Waals surface area contributed by atoms with Crippen LogP contribution in [0.25, 0.3) is 10.2 Å². The number of aliphatic imine (C=N–C) groups is 1. The zero-order valence-corrected chi connectivity index (χ0v) is 15.5. The van der Waals surface area contributed by atoms with Crippen LogP contribution in [0.1, 0.15) is 0 Å². The Morgan fingerprint density at radius 1 is 1.54 bits per heavy atom. The molecule has 0 aliphatic carbocycles. The first-order valence-corrected chi connectivity index (χ1v) is 9.54. The van der Waals surface area contributed by atoms with Gasteiger partial charge in [0.15, 0.2) is 0 Å². The number of carbonyl (C=O) groups excluding carboxylic acids is 1. The molecule has 0 saturated carbocycles. The van der Waals surface area contributed by atoms with E-state index in [9.17, 15) is 13.2 Å². The predicted molar refractivity (Wildman–Crippen MR) is 99.1 cm³/mol. The van der Waals surface area contributed by atoms with Crippen LogP contribution in [0.3, 0.4) is 0 Å². The summed E-state index contributed by atoms with van der Waals surface area (Å²) in [4.78, 5) is 19.0. The first kappa shape index (κ1) is 19.8. The third-order valence-corrected chi connectivity index (χ3v) is 5.43. The maximum atomic E-state index is 11.4. The van der Waals surface area contributed by atoms with E-state index in [1.807, 2.05) is 0 Å². The average molecular weight is 398 g/mol. The van der Waals surface area contributed by atoms with Crippen molar-refractivity contribution < 1.29 is 17.9 Å². The van der Waals surface area contributed by atoms with Crippen molar-refractivity contribution in [2.24, 2.45) is 16.0 Å². The highest BCUT2D eigenvalue weighted by molar-refractivity contribution is 7.91. The lowest BCUT2D eigenvalue weighted by molar-refractivity contribution is -0.121. The summed E-state index contributed by atoms with van der Waals surface area (Å²) in [6.07, 6.45) is 1.44. The Hall–Kier alpha value is -2.54. The molecule has 5 N–H and O–H groups in total. The number of likely N-dealkylation sites (N-methyl/N-ethyl adjacent to an activating group) is 1. The lowest BCUT2D eigenvalue weighted by Crippen LogP contribution is -2.36. The summed E-state index contributed by atoms with van der Waals surface area (Å²) in [5, 5.41) is 8.70. The summed E-state index contributed by atoms with van der Waals surface area (Å²) in [5.41, 5.74) is 0.911. The summed E-state index contributed by atoms with van der Waals surface area (Å²) in [5.74, 6) is 5.91. The highest BCUT2D eigenvalue weighted by Crippen LogP contribution is 2.28. The molecule has 0 aliphatic heterocycles. The van der Waals surface area contributed by atoms with Gasteiger partial charge in [-0.3, -0.25) is 9.79 Å². The Morgan fingerprint density at radius 2 is 2.27 bits per heavy atom. The quantitative estimate of drug-likeness (QED) is 0.316. The first-order chi connectivity index (χ1) is 12.2. The number of amides is 1. The number of nitrogens with two attached hydrogens (primary N) is 2. The topological polar surface area (TPSA) is 153 Å². The molecule has 1 heterocycles. The van der Waals surface area contributed by atoms with Crippen molar-refractivity contribution in [3.8, 4) is 5.75 Å². The van der Waals surface area contributed by atoms with Crippen LogP contribution in [0.15, 0.2) is 39.4 Å². The van der Waals surface area contributed by atoms with E-state index in [-0.39, 0.29) is 23.4 Å². The molecule has 0 unspecified atom stereocenters. The van der Waals surface area contributed by atoms with Gasteiger partial charge < -0.3 is 15.1 Å². The smallest absolute Gasteiger partial charge is 0.265 e. The Morgan fingerprint density at radius 3 is 2.88 bits per heavy atom. The maximum Gasteiger partial charge on any atom is 0.265 e. The molecule has 1 aromatic heterocycles. The minimum absolute atomic E-state index is 0.0430. The number of nitrogens with one attached hydrogen (secondary N) is 1. The standard InChI is InChI=1S/C14H18N6O4S2/c1-17-9(6-20(15)7-13(21)18-2)8-24-10-3-4-11-12(5-10)25-14(19-11)26(16,22)23/h3-6H,1,7-8,15H2,2H3,(H,18,21)(H2,16,22,23)/b9-6-. The fraction of sp³-hybridized carbons (Fsp3) is 0.214. The minimum Gasteiger partial charge on any atom is -0.487 e. The minimum atomic E-state index is -3.85. The number of ether oxygens (including phenoxy) is 1. The number of nitrogens with zero attached hydrogens (tertiary/aromatic N) is 3. The summed E-state index contributed by atoms with van der Waals surface area (Å²) in [6, 6.07) is 4.91. The van der Waals surface area contributed by atoms with Crippen molar-refractivity contribution in [3.05, 3.63) is 30.1 Å². The van der Waals surface area contributed by atoms with Crippen LogP contribution in [0, 0.1) is 0 Å². The Balaban J connectivity index is 2.09. The van der Waals surface area contributed by atoms with E-state index in [0.717, 1.165) is 16.3 Å². The fourth-order valence-corrected chi connectivity index (χ4v) is 3.54. The molecule has 0 radical (unpaired) electrons. The molecule has 140 valence electrons. The first-order valence-electron chi connectivity index (χ1n) is 7.18. The molecule has 2 rings (SSSR count). The molecule has 12 heteroatoms. The van der Waals surface area contributed by atoms with E-state index in [1.54, 1.807) is 18.2 Å². The molecule has 26 heavy (non-hydrogen) atoms. The molecule has 0 bridgehead atoms. The van der Waals surface area contributed by atoms with Crippen LogP contribution in [-0.2, 0) is 14.8 Å². The van der Waals surface area contributed by atoms with Crippen LogP contribution < -0.4 is 21.0 Å². The van der Waals surface area contributed by atoms with Crippen LogP contribution in [0.5, 0.6) is 5.75 Å². The predicted octanol–water partition coefficient (Wildman–Crippen LogP) is -0.214. The Kier molecular flexibility index (Phi) is 6.26. The number of hydrogen-bond donors (Lipinski definition) is 3. The lowest BCUT2D eigenvalue weighted by atomic mass is 10.3. The van der Waals surface area contributed by atoms with E-state index < -0.39 is 10.0 Å². The van der Waals surface area contributed by atoms with Crippen molar-refractivity contribution in [2.45, 2.75) is 4.34 Å². The van der Waals surface area contributed by atoms with Crippen molar-refractivity contribution in [3.63, 3.8) is 0 Å². The third-order valence-electron chi connectivity index (χ3n) is 3.09. The molecule has 1 aromatic carbocycles. The van der Waals surface area contributed by atoms with Crippen molar-refractivity contribution >= 4 is 44.2 Å². The second-order valence-electron chi connectivity index (χ2n) is 5.07.